The highest BCUT2D eigenvalue weighted by Crippen LogP contribution is 2.39. The van der Waals surface area contributed by atoms with E-state index < -0.39 is 10.0 Å². The summed E-state index contributed by atoms with van der Waals surface area (Å²) in [5.41, 5.74) is 1.93. The molecule has 0 aliphatic carbocycles. The highest BCUT2D eigenvalue weighted by molar-refractivity contribution is 7.94. The second-order valence-electron chi connectivity index (χ2n) is 7.16. The molecule has 158 valence electrons. The molecule has 4 rings (SSSR count). The van der Waals surface area contributed by atoms with Gasteiger partial charge in [0, 0.05) is 24.7 Å². The van der Waals surface area contributed by atoms with Crippen LogP contribution in [0.5, 0.6) is 5.75 Å². The lowest BCUT2D eigenvalue weighted by Gasteiger charge is -2.16. The third-order valence-corrected chi connectivity index (χ3v) is 8.36. The SMILES string of the molecule is CN1CCC(Oc2cc(NS(=O)(=O)c3cc(-c4ccccc4)c(Cl)s3)ccc2Cl)C1. The Labute approximate surface area is 190 Å². The summed E-state index contributed by atoms with van der Waals surface area (Å²) < 4.78 is 35.0. The maximum absolute atomic E-state index is 12.9. The van der Waals surface area contributed by atoms with Gasteiger partial charge in [0.05, 0.1) is 10.7 Å². The van der Waals surface area contributed by atoms with Gasteiger partial charge in [-0.25, -0.2) is 8.42 Å². The first kappa shape index (κ1) is 21.5. The summed E-state index contributed by atoms with van der Waals surface area (Å²) in [5.74, 6) is 0.464. The zero-order chi connectivity index (χ0) is 21.3. The van der Waals surface area contributed by atoms with Crippen LogP contribution in [0.25, 0.3) is 11.1 Å². The van der Waals surface area contributed by atoms with Gasteiger partial charge in [0.15, 0.2) is 0 Å². The van der Waals surface area contributed by atoms with Gasteiger partial charge in [0.1, 0.15) is 20.4 Å². The van der Waals surface area contributed by atoms with E-state index >= 15 is 0 Å². The summed E-state index contributed by atoms with van der Waals surface area (Å²) in [6, 6.07) is 15.9. The van der Waals surface area contributed by atoms with E-state index in [1.165, 1.54) is 0 Å². The van der Waals surface area contributed by atoms with Crippen molar-refractivity contribution in [3.05, 3.63) is 64.0 Å². The lowest BCUT2D eigenvalue weighted by atomic mass is 10.1. The van der Waals surface area contributed by atoms with Crippen molar-refractivity contribution in [2.75, 3.05) is 24.9 Å². The summed E-state index contributed by atoms with van der Waals surface area (Å²) in [6.45, 7) is 1.76. The Morgan fingerprint density at radius 3 is 2.60 bits per heavy atom. The molecule has 1 atom stereocenters. The van der Waals surface area contributed by atoms with Crippen LogP contribution >= 0.6 is 34.5 Å². The third-order valence-electron chi connectivity index (χ3n) is 4.84. The van der Waals surface area contributed by atoms with Gasteiger partial charge < -0.3 is 9.64 Å². The van der Waals surface area contributed by atoms with Crippen molar-refractivity contribution >= 4 is 50.2 Å². The van der Waals surface area contributed by atoms with Crippen LogP contribution in [-0.2, 0) is 10.0 Å². The topological polar surface area (TPSA) is 58.6 Å². The van der Waals surface area contributed by atoms with Gasteiger partial charge in [0.25, 0.3) is 10.0 Å². The first-order chi connectivity index (χ1) is 14.3. The molecule has 5 nitrogen and oxygen atoms in total. The first-order valence-corrected chi connectivity index (χ1v) is 12.4. The fourth-order valence-electron chi connectivity index (χ4n) is 3.33. The summed E-state index contributed by atoms with van der Waals surface area (Å²) in [6.07, 6.45) is 0.933. The monoisotopic (exact) mass is 482 g/mol. The minimum atomic E-state index is -3.81. The first-order valence-electron chi connectivity index (χ1n) is 9.34. The molecule has 9 heteroatoms. The van der Waals surface area contributed by atoms with Gasteiger partial charge in [-0.05, 0) is 37.2 Å². The smallest absolute Gasteiger partial charge is 0.271 e. The van der Waals surface area contributed by atoms with Gasteiger partial charge in [0.2, 0.25) is 0 Å². The van der Waals surface area contributed by atoms with E-state index in [-0.39, 0.29) is 10.3 Å². The number of benzene rings is 2. The van der Waals surface area contributed by atoms with Gasteiger partial charge in [-0.3, -0.25) is 4.72 Å². The van der Waals surface area contributed by atoms with E-state index in [2.05, 4.69) is 9.62 Å². The number of hydrogen-bond donors (Lipinski definition) is 1. The molecule has 1 N–H and O–H groups in total. The number of nitrogens with one attached hydrogen (secondary N) is 1. The van der Waals surface area contributed by atoms with E-state index in [9.17, 15) is 8.42 Å². The Balaban J connectivity index is 1.56. The predicted octanol–water partition coefficient (Wildman–Crippen LogP) is 5.61. The zero-order valence-electron chi connectivity index (χ0n) is 16.1. The fraction of sp³-hybridized carbons (Fsp3) is 0.238. The normalized spacial score (nSPS) is 17.2. The second-order valence-corrected chi connectivity index (χ2v) is 11.1. The van der Waals surface area contributed by atoms with Crippen molar-refractivity contribution in [1.82, 2.24) is 4.90 Å². The van der Waals surface area contributed by atoms with Crippen molar-refractivity contribution < 1.29 is 13.2 Å². The van der Waals surface area contributed by atoms with E-state index in [0.29, 0.717) is 26.4 Å². The molecular weight excluding hydrogens is 463 g/mol. The Morgan fingerprint density at radius 2 is 1.90 bits per heavy atom. The average molecular weight is 483 g/mol. The van der Waals surface area contributed by atoms with Crippen LogP contribution in [0.15, 0.2) is 58.8 Å². The van der Waals surface area contributed by atoms with Gasteiger partial charge in [-0.1, -0.05) is 53.5 Å². The molecular formula is C21H20Cl2N2O3S2. The van der Waals surface area contributed by atoms with Crippen LogP contribution in [0.3, 0.4) is 0 Å². The number of thiophene rings is 1. The van der Waals surface area contributed by atoms with Gasteiger partial charge in [-0.15, -0.1) is 11.3 Å². The Hall–Kier alpha value is -1.77. The van der Waals surface area contributed by atoms with Crippen molar-refractivity contribution in [3.8, 4) is 16.9 Å². The number of anilines is 1. The molecule has 1 aromatic heterocycles. The molecule has 2 heterocycles. The van der Waals surface area contributed by atoms with Crippen LogP contribution in [0, 0.1) is 0 Å². The molecule has 1 saturated heterocycles. The van der Waals surface area contributed by atoms with Gasteiger partial charge >= 0.3 is 0 Å². The maximum Gasteiger partial charge on any atom is 0.271 e. The lowest BCUT2D eigenvalue weighted by molar-refractivity contribution is 0.208. The van der Waals surface area contributed by atoms with E-state index in [4.69, 9.17) is 27.9 Å². The van der Waals surface area contributed by atoms with Crippen LogP contribution in [0.4, 0.5) is 5.69 Å². The van der Waals surface area contributed by atoms with Gasteiger partial charge in [-0.2, -0.15) is 0 Å². The van der Waals surface area contributed by atoms with Crippen LogP contribution in [0.2, 0.25) is 9.36 Å². The number of halogens is 2. The average Bonchev–Trinajstić information content (AvgIpc) is 3.31. The van der Waals surface area contributed by atoms with Crippen LogP contribution in [-0.4, -0.2) is 39.6 Å². The van der Waals surface area contributed by atoms with E-state index in [1.54, 1.807) is 24.3 Å². The summed E-state index contributed by atoms with van der Waals surface area (Å²) in [5, 5.41) is 0.443. The molecule has 3 aromatic rings. The quantitative estimate of drug-likeness (QED) is 0.496. The molecule has 1 unspecified atom stereocenters. The number of ether oxygens (including phenoxy) is 1. The Kier molecular flexibility index (Phi) is 6.27. The molecule has 1 aliphatic rings. The molecule has 0 radical (unpaired) electrons. The molecule has 0 amide bonds. The number of rotatable bonds is 6. The number of hydrogen-bond acceptors (Lipinski definition) is 5. The molecule has 2 aromatic carbocycles. The summed E-state index contributed by atoms with van der Waals surface area (Å²) in [4.78, 5) is 2.18. The molecule has 0 bridgehead atoms. The number of sulfonamides is 1. The number of nitrogens with zero attached hydrogens (tertiary/aromatic N) is 1. The van der Waals surface area contributed by atoms with Crippen LogP contribution < -0.4 is 9.46 Å². The van der Waals surface area contributed by atoms with Crippen molar-refractivity contribution in [2.45, 2.75) is 16.7 Å². The van der Waals surface area contributed by atoms with Crippen molar-refractivity contribution in [1.29, 1.82) is 0 Å². The van der Waals surface area contributed by atoms with E-state index in [1.807, 2.05) is 37.4 Å². The largest absolute Gasteiger partial charge is 0.487 e. The summed E-state index contributed by atoms with van der Waals surface area (Å²) >= 11 is 13.6. The van der Waals surface area contributed by atoms with E-state index in [0.717, 1.165) is 36.4 Å². The summed E-state index contributed by atoms with van der Waals surface area (Å²) in [7, 11) is -1.78. The highest BCUT2D eigenvalue weighted by atomic mass is 35.5. The number of likely N-dealkylation sites (tertiary alicyclic amines) is 1. The highest BCUT2D eigenvalue weighted by Gasteiger charge is 2.23. The maximum atomic E-state index is 12.9. The molecule has 1 aliphatic heterocycles. The van der Waals surface area contributed by atoms with Crippen molar-refractivity contribution in [2.24, 2.45) is 0 Å². The molecule has 1 fully saturated rings. The zero-order valence-corrected chi connectivity index (χ0v) is 19.3. The minimum absolute atomic E-state index is 0.0314. The van der Waals surface area contributed by atoms with Crippen LogP contribution in [0.1, 0.15) is 6.42 Å². The molecule has 0 spiro atoms. The predicted molar refractivity (Wildman–Crippen MR) is 124 cm³/mol. The number of likely N-dealkylation sites (N-methyl/N-ethyl adjacent to an activating group) is 1. The molecule has 0 saturated carbocycles. The molecule has 30 heavy (non-hydrogen) atoms. The fourth-order valence-corrected chi connectivity index (χ4v) is 6.30. The minimum Gasteiger partial charge on any atom is -0.487 e. The Bertz CT molecular complexity index is 1150. The van der Waals surface area contributed by atoms with Crippen molar-refractivity contribution in [3.63, 3.8) is 0 Å². The third kappa shape index (κ3) is 4.76. The lowest BCUT2D eigenvalue weighted by Crippen LogP contribution is -2.21. The Morgan fingerprint density at radius 1 is 1.13 bits per heavy atom. The standard InChI is InChI=1S/C21H20Cl2N2O3S2/c1-25-10-9-16(13-25)28-19-11-15(7-8-18(19)22)24-30(26,27)20-12-17(21(23)29-20)14-5-3-2-4-6-14/h2-8,11-12,16,24H,9-10,13H2,1H3. The second kappa shape index (κ2) is 8.77.